The molecule has 0 fully saturated rings. The van der Waals surface area contributed by atoms with Crippen LogP contribution in [0.4, 0.5) is 0 Å². The second kappa shape index (κ2) is 8.01. The van der Waals surface area contributed by atoms with Crippen molar-refractivity contribution < 1.29 is 43.9 Å². The van der Waals surface area contributed by atoms with Crippen molar-refractivity contribution in [1.82, 2.24) is 0 Å². The highest BCUT2D eigenvalue weighted by atomic mass is 16.5. The van der Waals surface area contributed by atoms with E-state index in [1.54, 1.807) is 0 Å². The predicted molar refractivity (Wildman–Crippen MR) is 103 cm³/mol. The minimum atomic E-state index is -1.31. The van der Waals surface area contributed by atoms with Crippen LogP contribution in [0, 0.1) is 6.92 Å². The SMILES string of the molecule is COC(=O)c1cc(C)c(C(=O)OC[C@H](O)CO)c2oc3cc(O)cc(O)c3c(=O)c12. The maximum absolute atomic E-state index is 13.1. The monoisotopic (exact) mass is 418 g/mol. The van der Waals surface area contributed by atoms with Gasteiger partial charge in [-0.15, -0.1) is 0 Å². The fraction of sp³-hybridized carbons (Fsp3) is 0.250. The number of aliphatic hydroxyl groups is 2. The number of aliphatic hydroxyl groups excluding tert-OH is 2. The molecule has 1 atom stereocenters. The summed E-state index contributed by atoms with van der Waals surface area (Å²) in [7, 11) is 1.11. The van der Waals surface area contributed by atoms with Gasteiger partial charge >= 0.3 is 11.9 Å². The topological polar surface area (TPSA) is 164 Å². The van der Waals surface area contributed by atoms with E-state index in [4.69, 9.17) is 19.0 Å². The van der Waals surface area contributed by atoms with Crippen LogP contribution < -0.4 is 5.43 Å². The Morgan fingerprint density at radius 3 is 2.47 bits per heavy atom. The molecule has 0 aliphatic rings. The quantitative estimate of drug-likeness (QED) is 0.346. The number of ether oxygens (including phenoxy) is 2. The van der Waals surface area contributed by atoms with Gasteiger partial charge in [0.25, 0.3) is 0 Å². The molecule has 0 spiro atoms. The van der Waals surface area contributed by atoms with Crippen LogP contribution >= 0.6 is 0 Å². The Bertz CT molecular complexity index is 1220. The van der Waals surface area contributed by atoms with Gasteiger partial charge in [-0.05, 0) is 18.6 Å². The number of phenols is 2. The minimum Gasteiger partial charge on any atom is -0.508 e. The smallest absolute Gasteiger partial charge is 0.342 e. The van der Waals surface area contributed by atoms with Crippen molar-refractivity contribution in [1.29, 1.82) is 0 Å². The molecule has 0 unspecified atom stereocenters. The highest BCUT2D eigenvalue weighted by molar-refractivity contribution is 6.13. The van der Waals surface area contributed by atoms with E-state index in [2.05, 4.69) is 0 Å². The van der Waals surface area contributed by atoms with Gasteiger partial charge in [-0.25, -0.2) is 9.59 Å². The molecule has 0 radical (unpaired) electrons. The molecule has 3 rings (SSSR count). The Labute approximate surface area is 168 Å². The molecule has 158 valence electrons. The van der Waals surface area contributed by atoms with Crippen LogP contribution in [0.1, 0.15) is 26.3 Å². The van der Waals surface area contributed by atoms with E-state index in [1.807, 2.05) is 0 Å². The van der Waals surface area contributed by atoms with Crippen molar-refractivity contribution in [3.05, 3.63) is 45.1 Å². The summed E-state index contributed by atoms with van der Waals surface area (Å²) < 4.78 is 15.3. The van der Waals surface area contributed by atoms with Gasteiger partial charge < -0.3 is 34.3 Å². The number of aromatic hydroxyl groups is 2. The number of esters is 2. The van der Waals surface area contributed by atoms with Crippen LogP contribution in [0.2, 0.25) is 0 Å². The number of fused-ring (bicyclic) bond motifs is 2. The van der Waals surface area contributed by atoms with Crippen LogP contribution in [-0.4, -0.2) is 58.8 Å². The molecule has 0 saturated carbocycles. The summed E-state index contributed by atoms with van der Waals surface area (Å²) in [6.07, 6.45) is -1.31. The molecule has 1 heterocycles. The van der Waals surface area contributed by atoms with Crippen molar-refractivity contribution >= 4 is 33.9 Å². The lowest BCUT2D eigenvalue weighted by molar-refractivity contribution is 0.00933. The number of hydrogen-bond donors (Lipinski definition) is 4. The first-order chi connectivity index (χ1) is 14.2. The molecule has 0 aliphatic carbocycles. The van der Waals surface area contributed by atoms with Crippen molar-refractivity contribution in [2.45, 2.75) is 13.0 Å². The number of hydrogen-bond acceptors (Lipinski definition) is 10. The van der Waals surface area contributed by atoms with Crippen molar-refractivity contribution in [3.8, 4) is 11.5 Å². The summed E-state index contributed by atoms with van der Waals surface area (Å²) in [5, 5.41) is 37.5. The molecule has 0 amide bonds. The first-order valence-electron chi connectivity index (χ1n) is 8.70. The minimum absolute atomic E-state index is 0.194. The maximum Gasteiger partial charge on any atom is 0.342 e. The zero-order valence-corrected chi connectivity index (χ0v) is 16.0. The van der Waals surface area contributed by atoms with Crippen molar-refractivity contribution in [2.24, 2.45) is 0 Å². The normalized spacial score (nSPS) is 12.1. The highest BCUT2D eigenvalue weighted by Crippen LogP contribution is 2.33. The van der Waals surface area contributed by atoms with E-state index in [9.17, 15) is 29.7 Å². The average molecular weight is 418 g/mol. The summed E-state index contributed by atoms with van der Waals surface area (Å²) >= 11 is 0. The predicted octanol–water partition coefficient (Wildman–Crippen LogP) is 0.962. The van der Waals surface area contributed by atoms with Gasteiger partial charge in [0.2, 0.25) is 5.43 Å². The van der Waals surface area contributed by atoms with E-state index >= 15 is 0 Å². The lowest BCUT2D eigenvalue weighted by Crippen LogP contribution is -2.23. The van der Waals surface area contributed by atoms with Crippen LogP contribution in [0.3, 0.4) is 0 Å². The molecular formula is C20H18O10. The number of aryl methyl sites for hydroxylation is 1. The van der Waals surface area contributed by atoms with Crippen LogP contribution in [0.5, 0.6) is 11.5 Å². The first kappa shape index (κ1) is 21.1. The third-order valence-corrected chi connectivity index (χ3v) is 4.44. The molecule has 10 nitrogen and oxygen atoms in total. The van der Waals surface area contributed by atoms with Gasteiger partial charge in [-0.2, -0.15) is 0 Å². The number of carbonyl (C=O) groups is 2. The van der Waals surface area contributed by atoms with Gasteiger partial charge in [0.05, 0.1) is 24.7 Å². The van der Waals surface area contributed by atoms with Crippen molar-refractivity contribution in [2.75, 3.05) is 20.3 Å². The standard InChI is InChI=1S/C20H18O10/c1-8-3-11(19(26)28-2)15-17(25)16-12(24)4-9(22)5-13(16)30-18(15)14(8)20(27)29-7-10(23)6-21/h3-5,10,21-24H,6-7H2,1-2H3/t10-/m1/s1. The van der Waals surface area contributed by atoms with Crippen molar-refractivity contribution in [3.63, 3.8) is 0 Å². The van der Waals surface area contributed by atoms with E-state index in [1.165, 1.54) is 13.0 Å². The maximum atomic E-state index is 13.1. The number of phenolic OH excluding ortho intramolecular Hbond substituents is 2. The van der Waals surface area contributed by atoms with E-state index in [0.717, 1.165) is 19.2 Å². The Morgan fingerprint density at radius 1 is 1.13 bits per heavy atom. The Morgan fingerprint density at radius 2 is 1.83 bits per heavy atom. The Balaban J connectivity index is 2.40. The summed E-state index contributed by atoms with van der Waals surface area (Å²) in [6.45, 7) is 0.316. The van der Waals surface area contributed by atoms with Gasteiger partial charge in [0, 0.05) is 12.1 Å². The molecule has 2 aromatic carbocycles. The number of benzene rings is 2. The van der Waals surface area contributed by atoms with Gasteiger partial charge in [-0.3, -0.25) is 4.79 Å². The molecule has 30 heavy (non-hydrogen) atoms. The highest BCUT2D eigenvalue weighted by Gasteiger charge is 2.27. The molecular weight excluding hydrogens is 400 g/mol. The van der Waals surface area contributed by atoms with Gasteiger partial charge in [0.15, 0.2) is 5.58 Å². The second-order valence-corrected chi connectivity index (χ2v) is 6.52. The third-order valence-electron chi connectivity index (χ3n) is 4.44. The Hall–Kier alpha value is -3.63. The summed E-state index contributed by atoms with van der Waals surface area (Å²) in [5.74, 6) is -2.82. The lowest BCUT2D eigenvalue weighted by atomic mass is 9.98. The number of methoxy groups -OCH3 is 1. The van der Waals surface area contributed by atoms with E-state index in [0.29, 0.717) is 0 Å². The van der Waals surface area contributed by atoms with Crippen LogP contribution in [-0.2, 0) is 9.47 Å². The molecule has 3 aromatic rings. The van der Waals surface area contributed by atoms with Gasteiger partial charge in [-0.1, -0.05) is 0 Å². The third kappa shape index (κ3) is 3.53. The summed E-state index contributed by atoms with van der Waals surface area (Å²) in [5.41, 5.74) is -1.56. The second-order valence-electron chi connectivity index (χ2n) is 6.52. The summed E-state index contributed by atoms with van der Waals surface area (Å²) in [4.78, 5) is 38.0. The zero-order chi connectivity index (χ0) is 22.2. The zero-order valence-electron chi connectivity index (χ0n) is 16.0. The molecule has 10 heteroatoms. The number of rotatable bonds is 5. The summed E-state index contributed by atoms with van der Waals surface area (Å²) in [6, 6.07) is 3.25. The van der Waals surface area contributed by atoms with Gasteiger partial charge in [0.1, 0.15) is 40.7 Å². The van der Waals surface area contributed by atoms with Crippen LogP contribution in [0.15, 0.2) is 27.4 Å². The van der Waals surface area contributed by atoms with Crippen LogP contribution in [0.25, 0.3) is 21.9 Å². The molecule has 0 saturated heterocycles. The fourth-order valence-electron chi connectivity index (χ4n) is 3.07. The lowest BCUT2D eigenvalue weighted by Gasteiger charge is -2.14. The van der Waals surface area contributed by atoms with E-state index < -0.39 is 48.2 Å². The molecule has 0 aliphatic heterocycles. The Kier molecular flexibility index (Phi) is 5.63. The molecule has 1 aromatic heterocycles. The molecule has 4 N–H and O–H groups in total. The molecule has 0 bridgehead atoms. The average Bonchev–Trinajstić information content (AvgIpc) is 2.69. The fourth-order valence-corrected chi connectivity index (χ4v) is 3.07. The van der Waals surface area contributed by atoms with E-state index in [-0.39, 0.29) is 38.6 Å². The first-order valence-corrected chi connectivity index (χ1v) is 8.70. The largest absolute Gasteiger partial charge is 0.508 e. The number of carbonyl (C=O) groups excluding carboxylic acids is 2.